The summed E-state index contributed by atoms with van der Waals surface area (Å²) >= 11 is 0. The predicted molar refractivity (Wildman–Crippen MR) is 96.7 cm³/mol. The first-order valence-corrected chi connectivity index (χ1v) is 8.77. The van der Waals surface area contributed by atoms with Crippen molar-refractivity contribution in [3.05, 3.63) is 65.2 Å². The van der Waals surface area contributed by atoms with Crippen molar-refractivity contribution >= 4 is 23.2 Å². The van der Waals surface area contributed by atoms with Gasteiger partial charge in [0.25, 0.3) is 0 Å². The van der Waals surface area contributed by atoms with Crippen LogP contribution in [0.5, 0.6) is 0 Å². The molecule has 8 heteroatoms. The van der Waals surface area contributed by atoms with Gasteiger partial charge in [-0.1, -0.05) is 24.3 Å². The summed E-state index contributed by atoms with van der Waals surface area (Å²) in [6.45, 7) is 0. The molecule has 0 saturated heterocycles. The van der Waals surface area contributed by atoms with Crippen LogP contribution >= 0.6 is 0 Å². The van der Waals surface area contributed by atoms with E-state index in [0.717, 1.165) is 29.0 Å². The zero-order chi connectivity index (χ0) is 19.9. The number of anilines is 1. The Morgan fingerprint density at radius 3 is 2.54 bits per heavy atom. The highest BCUT2D eigenvalue weighted by atomic mass is 19.4. The first-order chi connectivity index (χ1) is 13.3. The number of alkyl halides is 3. The molecule has 1 heterocycles. The first-order valence-electron chi connectivity index (χ1n) is 8.77. The summed E-state index contributed by atoms with van der Waals surface area (Å²) in [6, 6.07) is 11.7. The molecule has 0 bridgehead atoms. The molecule has 0 spiro atoms. The minimum atomic E-state index is -4.43. The lowest BCUT2D eigenvalue weighted by Crippen LogP contribution is -2.39. The van der Waals surface area contributed by atoms with E-state index in [0.29, 0.717) is 6.42 Å². The van der Waals surface area contributed by atoms with Gasteiger partial charge in [0.05, 0.1) is 17.2 Å². The fourth-order valence-corrected chi connectivity index (χ4v) is 3.72. The summed E-state index contributed by atoms with van der Waals surface area (Å²) in [5.74, 6) is -1.22. The van der Waals surface area contributed by atoms with Gasteiger partial charge in [0.15, 0.2) is 0 Å². The van der Waals surface area contributed by atoms with Gasteiger partial charge >= 0.3 is 6.18 Å². The van der Waals surface area contributed by atoms with E-state index >= 15 is 0 Å². The van der Waals surface area contributed by atoms with Crippen LogP contribution in [0.15, 0.2) is 53.6 Å². The van der Waals surface area contributed by atoms with Crippen LogP contribution in [0.4, 0.5) is 18.9 Å². The van der Waals surface area contributed by atoms with Crippen LogP contribution in [0.2, 0.25) is 0 Å². The maximum atomic E-state index is 12.9. The molecule has 2 aromatic rings. The SMILES string of the molecule is O=C1C[C@H]2C[C@H](C(=O)Nc3ccc(C(F)(F)F)cc3)c3ccccc3C2=NN1. The van der Waals surface area contributed by atoms with Crippen LogP contribution < -0.4 is 10.7 Å². The smallest absolute Gasteiger partial charge is 0.326 e. The van der Waals surface area contributed by atoms with Gasteiger partial charge in [-0.3, -0.25) is 9.59 Å². The molecule has 2 aliphatic rings. The third-order valence-electron chi connectivity index (χ3n) is 5.05. The second-order valence-electron chi connectivity index (χ2n) is 6.87. The summed E-state index contributed by atoms with van der Waals surface area (Å²) in [7, 11) is 0. The first kappa shape index (κ1) is 18.2. The predicted octanol–water partition coefficient (Wildman–Crippen LogP) is 3.67. The number of hydrazone groups is 1. The third-order valence-corrected chi connectivity index (χ3v) is 5.05. The summed E-state index contributed by atoms with van der Waals surface area (Å²) < 4.78 is 38.1. The van der Waals surface area contributed by atoms with E-state index < -0.39 is 17.7 Å². The van der Waals surface area contributed by atoms with E-state index in [1.54, 1.807) is 0 Å². The van der Waals surface area contributed by atoms with Crippen molar-refractivity contribution in [2.24, 2.45) is 11.0 Å². The second-order valence-corrected chi connectivity index (χ2v) is 6.87. The molecule has 144 valence electrons. The molecule has 0 unspecified atom stereocenters. The molecule has 0 aromatic heterocycles. The normalized spacial score (nSPS) is 21.1. The fourth-order valence-electron chi connectivity index (χ4n) is 3.72. The minimum absolute atomic E-state index is 0.174. The zero-order valence-electron chi connectivity index (χ0n) is 14.6. The Labute approximate surface area is 158 Å². The lowest BCUT2D eigenvalue weighted by Gasteiger charge is -2.33. The number of benzene rings is 2. The molecule has 1 aliphatic heterocycles. The number of hydrogen-bond acceptors (Lipinski definition) is 3. The van der Waals surface area contributed by atoms with Crippen LogP contribution in [0.25, 0.3) is 0 Å². The van der Waals surface area contributed by atoms with E-state index in [1.807, 2.05) is 24.3 Å². The lowest BCUT2D eigenvalue weighted by molar-refractivity contribution is -0.137. The summed E-state index contributed by atoms with van der Waals surface area (Å²) in [5, 5.41) is 6.85. The maximum absolute atomic E-state index is 12.9. The number of fused-ring (bicyclic) bond motifs is 3. The molecule has 0 radical (unpaired) electrons. The minimum Gasteiger partial charge on any atom is -0.326 e. The molecular formula is C20H16F3N3O2. The molecule has 2 amide bonds. The van der Waals surface area contributed by atoms with Gasteiger partial charge in [-0.25, -0.2) is 5.43 Å². The monoisotopic (exact) mass is 387 g/mol. The molecule has 2 N–H and O–H groups in total. The van der Waals surface area contributed by atoms with Gasteiger partial charge in [0.1, 0.15) is 0 Å². The van der Waals surface area contributed by atoms with E-state index in [4.69, 9.17) is 0 Å². The Kier molecular flexibility index (Phi) is 4.41. The Hall–Kier alpha value is -3.16. The molecule has 0 fully saturated rings. The molecule has 1 aliphatic carbocycles. The van der Waals surface area contributed by atoms with E-state index in [1.165, 1.54) is 12.1 Å². The average molecular weight is 387 g/mol. The van der Waals surface area contributed by atoms with Crippen molar-refractivity contribution in [3.63, 3.8) is 0 Å². The quantitative estimate of drug-likeness (QED) is 0.826. The summed E-state index contributed by atoms with van der Waals surface area (Å²) in [6.07, 6.45) is -3.77. The van der Waals surface area contributed by atoms with Crippen LogP contribution in [0.3, 0.4) is 0 Å². The van der Waals surface area contributed by atoms with Gasteiger partial charge in [0.2, 0.25) is 11.8 Å². The number of carbonyl (C=O) groups is 2. The van der Waals surface area contributed by atoms with Gasteiger partial charge in [-0.15, -0.1) is 0 Å². The maximum Gasteiger partial charge on any atom is 0.416 e. The number of nitrogens with one attached hydrogen (secondary N) is 2. The molecule has 2 atom stereocenters. The van der Waals surface area contributed by atoms with Crippen molar-refractivity contribution in [1.82, 2.24) is 5.43 Å². The lowest BCUT2D eigenvalue weighted by atomic mass is 9.73. The molecule has 5 nitrogen and oxygen atoms in total. The molecular weight excluding hydrogens is 371 g/mol. The highest BCUT2D eigenvalue weighted by Gasteiger charge is 2.38. The number of amides is 2. The number of hydrogen-bond donors (Lipinski definition) is 2. The average Bonchev–Trinajstić information content (AvgIpc) is 2.66. The van der Waals surface area contributed by atoms with Gasteiger partial charge in [-0.2, -0.15) is 18.3 Å². The molecule has 28 heavy (non-hydrogen) atoms. The van der Waals surface area contributed by atoms with Crippen molar-refractivity contribution in [3.8, 4) is 0 Å². The molecule has 4 rings (SSSR count). The van der Waals surface area contributed by atoms with Crippen molar-refractivity contribution < 1.29 is 22.8 Å². The van der Waals surface area contributed by atoms with Crippen LogP contribution in [0, 0.1) is 5.92 Å². The third kappa shape index (κ3) is 3.37. The Morgan fingerprint density at radius 1 is 1.11 bits per heavy atom. The van der Waals surface area contributed by atoms with E-state index in [9.17, 15) is 22.8 Å². The highest BCUT2D eigenvalue weighted by Crippen LogP contribution is 2.38. The summed E-state index contributed by atoms with van der Waals surface area (Å²) in [5.41, 5.74) is 4.35. The molecule has 2 aromatic carbocycles. The Bertz CT molecular complexity index is 967. The second kappa shape index (κ2) is 6.78. The Morgan fingerprint density at radius 2 is 1.82 bits per heavy atom. The van der Waals surface area contributed by atoms with Gasteiger partial charge in [-0.05, 0) is 36.2 Å². The van der Waals surface area contributed by atoms with E-state index in [-0.39, 0.29) is 29.8 Å². The topological polar surface area (TPSA) is 70.6 Å². The zero-order valence-corrected chi connectivity index (χ0v) is 14.6. The van der Waals surface area contributed by atoms with Crippen molar-refractivity contribution in [2.45, 2.75) is 24.9 Å². The molecule has 0 saturated carbocycles. The van der Waals surface area contributed by atoms with Crippen LogP contribution in [-0.2, 0) is 15.8 Å². The largest absolute Gasteiger partial charge is 0.416 e. The van der Waals surface area contributed by atoms with Gasteiger partial charge < -0.3 is 5.32 Å². The Balaban J connectivity index is 1.60. The van der Waals surface area contributed by atoms with Crippen molar-refractivity contribution in [1.29, 1.82) is 0 Å². The van der Waals surface area contributed by atoms with Gasteiger partial charge in [0, 0.05) is 23.6 Å². The van der Waals surface area contributed by atoms with Crippen LogP contribution in [-0.4, -0.2) is 17.5 Å². The fraction of sp³-hybridized carbons (Fsp3) is 0.250. The number of rotatable bonds is 2. The highest BCUT2D eigenvalue weighted by molar-refractivity contribution is 6.10. The summed E-state index contributed by atoms with van der Waals surface area (Å²) in [4.78, 5) is 24.6. The van der Waals surface area contributed by atoms with Crippen LogP contribution in [0.1, 0.15) is 35.4 Å². The number of halogens is 3. The number of nitrogens with zero attached hydrogens (tertiary/aromatic N) is 1. The standard InChI is InChI=1S/C20H16F3N3O2/c21-20(22,23)12-5-7-13(8-6-12)24-19(28)16-9-11-10-17(27)25-26-18(11)15-4-2-1-3-14(15)16/h1-8,11,16H,9-10H2,(H,24,28)(H,25,27)/t11-,16+/m1/s1. The van der Waals surface area contributed by atoms with Crippen molar-refractivity contribution in [2.75, 3.05) is 5.32 Å². The van der Waals surface area contributed by atoms with E-state index in [2.05, 4.69) is 15.8 Å². The number of carbonyl (C=O) groups excluding carboxylic acids is 2.